The van der Waals surface area contributed by atoms with E-state index < -0.39 is 0 Å². The molecule has 0 atom stereocenters. The van der Waals surface area contributed by atoms with Crippen molar-refractivity contribution < 1.29 is 4.79 Å². The third kappa shape index (κ3) is 4.36. The Morgan fingerprint density at radius 2 is 1.92 bits per heavy atom. The van der Waals surface area contributed by atoms with E-state index in [-0.39, 0.29) is 11.7 Å². The molecule has 0 unspecified atom stereocenters. The van der Waals surface area contributed by atoms with Crippen LogP contribution in [-0.4, -0.2) is 26.5 Å². The summed E-state index contributed by atoms with van der Waals surface area (Å²) in [6, 6.07) is 13.1. The Morgan fingerprint density at radius 3 is 2.62 bits per heavy atom. The number of halogens is 1. The zero-order valence-electron chi connectivity index (χ0n) is 14.4. The van der Waals surface area contributed by atoms with Crippen LogP contribution in [0.15, 0.2) is 47.6 Å². The van der Waals surface area contributed by atoms with Crippen LogP contribution in [-0.2, 0) is 4.79 Å². The van der Waals surface area contributed by atoms with Gasteiger partial charge in [0, 0.05) is 16.3 Å². The summed E-state index contributed by atoms with van der Waals surface area (Å²) in [6.07, 6.45) is 0. The van der Waals surface area contributed by atoms with E-state index in [0.717, 1.165) is 22.4 Å². The minimum Gasteiger partial charge on any atom is -0.335 e. The molecule has 0 aliphatic heterocycles. The van der Waals surface area contributed by atoms with Crippen molar-refractivity contribution in [2.24, 2.45) is 0 Å². The number of benzene rings is 2. The Balaban J connectivity index is 1.65. The molecular weight excluding hydrogens is 370 g/mol. The predicted molar refractivity (Wildman–Crippen MR) is 106 cm³/mol. The smallest absolute Gasteiger partial charge is 0.234 e. The average Bonchev–Trinajstić information content (AvgIpc) is 2.93. The Kier molecular flexibility index (Phi) is 5.49. The van der Waals surface area contributed by atoms with Gasteiger partial charge in [-0.1, -0.05) is 41.6 Å². The van der Waals surface area contributed by atoms with E-state index in [1.165, 1.54) is 16.4 Å². The molecule has 0 aliphatic rings. The Bertz CT molecular complexity index is 936. The molecule has 3 N–H and O–H groups in total. The number of nitrogens with one attached hydrogen (secondary N) is 1. The molecule has 3 aromatic rings. The Hall–Kier alpha value is -2.51. The van der Waals surface area contributed by atoms with Gasteiger partial charge in [-0.05, 0) is 49.2 Å². The van der Waals surface area contributed by atoms with Gasteiger partial charge in [0.2, 0.25) is 11.1 Å². The summed E-state index contributed by atoms with van der Waals surface area (Å²) in [5.41, 5.74) is 3.74. The molecule has 0 bridgehead atoms. The first kappa shape index (κ1) is 18.3. The summed E-state index contributed by atoms with van der Waals surface area (Å²) in [5.74, 6) is 6.60. The van der Waals surface area contributed by atoms with Crippen molar-refractivity contribution in [2.45, 2.75) is 19.0 Å². The number of nitrogen functional groups attached to an aromatic ring is 1. The van der Waals surface area contributed by atoms with Crippen molar-refractivity contribution in [1.29, 1.82) is 0 Å². The van der Waals surface area contributed by atoms with Gasteiger partial charge < -0.3 is 11.2 Å². The normalized spacial score (nSPS) is 10.7. The first-order valence-electron chi connectivity index (χ1n) is 7.90. The van der Waals surface area contributed by atoms with E-state index in [2.05, 4.69) is 21.6 Å². The summed E-state index contributed by atoms with van der Waals surface area (Å²) in [5, 5.41) is 12.1. The van der Waals surface area contributed by atoms with Gasteiger partial charge in [-0.2, -0.15) is 0 Å². The molecule has 0 aliphatic carbocycles. The number of aryl methyl sites for hydroxylation is 2. The van der Waals surface area contributed by atoms with Crippen LogP contribution in [0.1, 0.15) is 11.1 Å². The monoisotopic (exact) mass is 387 g/mol. The highest BCUT2D eigenvalue weighted by Gasteiger charge is 2.14. The zero-order valence-corrected chi connectivity index (χ0v) is 15.9. The quantitative estimate of drug-likeness (QED) is 0.515. The van der Waals surface area contributed by atoms with Gasteiger partial charge in [-0.15, -0.1) is 10.2 Å². The maximum atomic E-state index is 12.2. The maximum Gasteiger partial charge on any atom is 0.234 e. The molecule has 0 saturated carbocycles. The second kappa shape index (κ2) is 7.80. The molecule has 0 radical (unpaired) electrons. The van der Waals surface area contributed by atoms with Crippen LogP contribution >= 0.6 is 23.4 Å². The van der Waals surface area contributed by atoms with Crippen LogP contribution < -0.4 is 11.2 Å². The van der Waals surface area contributed by atoms with Crippen LogP contribution in [0.25, 0.3) is 11.4 Å². The number of thioether (sulfide) groups is 1. The molecular formula is C18H18ClN5OS. The summed E-state index contributed by atoms with van der Waals surface area (Å²) in [6.45, 7) is 3.98. The number of carbonyl (C=O) groups excluding carboxylic acids is 1. The van der Waals surface area contributed by atoms with E-state index in [9.17, 15) is 4.79 Å². The van der Waals surface area contributed by atoms with Crippen LogP contribution in [0.2, 0.25) is 5.02 Å². The van der Waals surface area contributed by atoms with Gasteiger partial charge >= 0.3 is 0 Å². The summed E-state index contributed by atoms with van der Waals surface area (Å²) in [7, 11) is 0. The van der Waals surface area contributed by atoms with Crippen molar-refractivity contribution >= 4 is 35.0 Å². The lowest BCUT2D eigenvalue weighted by molar-refractivity contribution is -0.113. The van der Waals surface area contributed by atoms with Crippen LogP contribution in [0.5, 0.6) is 0 Å². The fourth-order valence-electron chi connectivity index (χ4n) is 2.57. The molecule has 8 heteroatoms. The standard InChI is InChI=1S/C18H18ClN5OS/c1-11-6-12(2)8-15(7-11)21-16(25)10-26-18-23-22-17(24(18)20)13-4-3-5-14(19)9-13/h3-9H,10,20H2,1-2H3,(H,21,25). The average molecular weight is 388 g/mol. The molecule has 2 aromatic carbocycles. The van der Waals surface area contributed by atoms with E-state index in [1.807, 2.05) is 38.1 Å². The number of anilines is 1. The van der Waals surface area contributed by atoms with Crippen LogP contribution in [0, 0.1) is 13.8 Å². The molecule has 0 fully saturated rings. The summed E-state index contributed by atoms with van der Waals surface area (Å²) in [4.78, 5) is 12.2. The zero-order chi connectivity index (χ0) is 18.7. The number of amides is 1. The minimum atomic E-state index is -0.132. The van der Waals surface area contributed by atoms with Crippen molar-refractivity contribution in [1.82, 2.24) is 14.9 Å². The molecule has 1 heterocycles. The lowest BCUT2D eigenvalue weighted by atomic mass is 10.1. The molecule has 134 valence electrons. The minimum absolute atomic E-state index is 0.132. The van der Waals surface area contributed by atoms with Crippen molar-refractivity contribution in [2.75, 3.05) is 16.9 Å². The van der Waals surface area contributed by atoms with E-state index >= 15 is 0 Å². The lowest BCUT2D eigenvalue weighted by Gasteiger charge is -2.07. The second-order valence-corrected chi connectivity index (χ2v) is 7.28. The highest BCUT2D eigenvalue weighted by molar-refractivity contribution is 7.99. The first-order valence-corrected chi connectivity index (χ1v) is 9.26. The predicted octanol–water partition coefficient (Wildman–Crippen LogP) is 3.66. The molecule has 26 heavy (non-hydrogen) atoms. The highest BCUT2D eigenvalue weighted by atomic mass is 35.5. The van der Waals surface area contributed by atoms with Crippen molar-refractivity contribution in [3.05, 3.63) is 58.6 Å². The van der Waals surface area contributed by atoms with Gasteiger partial charge in [0.25, 0.3) is 0 Å². The number of carbonyl (C=O) groups is 1. The topological polar surface area (TPSA) is 85.8 Å². The van der Waals surface area contributed by atoms with Gasteiger partial charge in [-0.3, -0.25) is 4.79 Å². The Labute approximate surface area is 160 Å². The maximum absolute atomic E-state index is 12.2. The summed E-state index contributed by atoms with van der Waals surface area (Å²) < 4.78 is 1.36. The van der Waals surface area contributed by atoms with E-state index in [1.54, 1.807) is 12.1 Å². The number of hydrogen-bond acceptors (Lipinski definition) is 5. The SMILES string of the molecule is Cc1cc(C)cc(NC(=O)CSc2nnc(-c3cccc(Cl)c3)n2N)c1. The van der Waals surface area contributed by atoms with Gasteiger partial charge in [0.05, 0.1) is 5.75 Å². The highest BCUT2D eigenvalue weighted by Crippen LogP contribution is 2.24. The van der Waals surface area contributed by atoms with Crippen LogP contribution in [0.3, 0.4) is 0 Å². The fraction of sp³-hybridized carbons (Fsp3) is 0.167. The first-order chi connectivity index (χ1) is 12.4. The Morgan fingerprint density at radius 1 is 1.19 bits per heavy atom. The lowest BCUT2D eigenvalue weighted by Crippen LogP contribution is -2.16. The molecule has 3 rings (SSSR count). The van der Waals surface area contributed by atoms with Crippen LogP contribution in [0.4, 0.5) is 5.69 Å². The fourth-order valence-corrected chi connectivity index (χ4v) is 3.42. The molecule has 1 aromatic heterocycles. The largest absolute Gasteiger partial charge is 0.335 e. The van der Waals surface area contributed by atoms with Gasteiger partial charge in [0.15, 0.2) is 5.82 Å². The van der Waals surface area contributed by atoms with Gasteiger partial charge in [-0.25, -0.2) is 4.68 Å². The molecule has 6 nitrogen and oxygen atoms in total. The third-order valence-corrected chi connectivity index (χ3v) is 4.76. The van der Waals surface area contributed by atoms with E-state index in [4.69, 9.17) is 17.4 Å². The number of rotatable bonds is 5. The molecule has 0 saturated heterocycles. The van der Waals surface area contributed by atoms with Crippen molar-refractivity contribution in [3.63, 3.8) is 0 Å². The molecule has 1 amide bonds. The molecule has 0 spiro atoms. The van der Waals surface area contributed by atoms with Crippen molar-refractivity contribution in [3.8, 4) is 11.4 Å². The number of hydrogen-bond donors (Lipinski definition) is 2. The summed E-state index contributed by atoms with van der Waals surface area (Å²) >= 11 is 7.22. The number of nitrogens with zero attached hydrogens (tertiary/aromatic N) is 3. The number of aromatic nitrogens is 3. The third-order valence-electron chi connectivity index (χ3n) is 3.59. The second-order valence-electron chi connectivity index (χ2n) is 5.90. The number of nitrogens with two attached hydrogens (primary N) is 1. The van der Waals surface area contributed by atoms with E-state index in [0.29, 0.717) is 16.0 Å². The van der Waals surface area contributed by atoms with Gasteiger partial charge in [0.1, 0.15) is 0 Å².